The normalized spacial score (nSPS) is 9.42. The van der Waals surface area contributed by atoms with Gasteiger partial charge in [0.25, 0.3) is 0 Å². The van der Waals surface area contributed by atoms with Crippen LogP contribution in [0.25, 0.3) is 11.5 Å². The van der Waals surface area contributed by atoms with Crippen molar-refractivity contribution in [2.75, 3.05) is 7.11 Å². The number of pyridine rings is 1. The summed E-state index contributed by atoms with van der Waals surface area (Å²) in [6.07, 6.45) is 1.62. The fourth-order valence-electron chi connectivity index (χ4n) is 1.10. The fraction of sp³-hybridized carbons (Fsp3) is 0.273. The van der Waals surface area contributed by atoms with Gasteiger partial charge in [0.1, 0.15) is 11.4 Å². The van der Waals surface area contributed by atoms with Crippen LogP contribution < -0.4 is 16.2 Å². The van der Waals surface area contributed by atoms with E-state index in [0.717, 1.165) is 0 Å². The summed E-state index contributed by atoms with van der Waals surface area (Å²) in [7, 11) is 1.58. The number of nitrogens with zero attached hydrogens (tertiary/aromatic N) is 3. The number of carbonyl (C=O) groups excluding carboxylic acids is 1. The average Bonchev–Trinajstić information content (AvgIpc) is 2.87. The SMILES string of the molecule is CC(N)=O.COc1ccnc(-c2noc(CN)n2)c1. The zero-order chi connectivity index (χ0) is 14.3. The van der Waals surface area contributed by atoms with Crippen LogP contribution in [0.3, 0.4) is 0 Å². The van der Waals surface area contributed by atoms with Crippen molar-refractivity contribution < 1.29 is 14.1 Å². The van der Waals surface area contributed by atoms with Crippen LogP contribution in [0.4, 0.5) is 0 Å². The van der Waals surface area contributed by atoms with Crippen molar-refractivity contribution in [2.45, 2.75) is 13.5 Å². The second kappa shape index (κ2) is 7.07. The molecule has 0 saturated heterocycles. The van der Waals surface area contributed by atoms with Crippen molar-refractivity contribution in [3.05, 3.63) is 24.2 Å². The Morgan fingerprint density at radius 1 is 1.53 bits per heavy atom. The van der Waals surface area contributed by atoms with Crippen LogP contribution in [0.1, 0.15) is 12.8 Å². The third kappa shape index (κ3) is 4.72. The van der Waals surface area contributed by atoms with Crippen LogP contribution in [-0.4, -0.2) is 28.1 Å². The Hall–Kier alpha value is -2.48. The molecule has 0 spiro atoms. The fourth-order valence-corrected chi connectivity index (χ4v) is 1.10. The Morgan fingerprint density at radius 3 is 2.74 bits per heavy atom. The molecule has 4 N–H and O–H groups in total. The summed E-state index contributed by atoms with van der Waals surface area (Å²) in [5.41, 5.74) is 10.4. The van der Waals surface area contributed by atoms with E-state index in [0.29, 0.717) is 23.2 Å². The van der Waals surface area contributed by atoms with Gasteiger partial charge >= 0.3 is 0 Å². The second-order valence-corrected chi connectivity index (χ2v) is 3.41. The van der Waals surface area contributed by atoms with Gasteiger partial charge in [0.05, 0.1) is 13.7 Å². The molecule has 0 radical (unpaired) electrons. The van der Waals surface area contributed by atoms with Crippen molar-refractivity contribution in [3.63, 3.8) is 0 Å². The Balaban J connectivity index is 0.000000399. The Labute approximate surface area is 109 Å². The molecule has 2 rings (SSSR count). The molecule has 0 bridgehead atoms. The first-order valence-electron chi connectivity index (χ1n) is 5.36. The lowest BCUT2D eigenvalue weighted by atomic mass is 10.3. The first kappa shape index (κ1) is 14.6. The van der Waals surface area contributed by atoms with E-state index in [1.807, 2.05) is 0 Å². The molecule has 0 aromatic carbocycles. The smallest absolute Gasteiger partial charge is 0.240 e. The number of carbonyl (C=O) groups is 1. The van der Waals surface area contributed by atoms with Crippen molar-refractivity contribution in [1.82, 2.24) is 15.1 Å². The molecular weight excluding hydrogens is 250 g/mol. The molecule has 0 aliphatic carbocycles. The predicted molar refractivity (Wildman–Crippen MR) is 66.8 cm³/mol. The highest BCUT2D eigenvalue weighted by Crippen LogP contribution is 2.18. The molecule has 0 unspecified atom stereocenters. The van der Waals surface area contributed by atoms with Gasteiger partial charge in [-0.3, -0.25) is 9.78 Å². The lowest BCUT2D eigenvalue weighted by Gasteiger charge is -1.98. The quantitative estimate of drug-likeness (QED) is 0.804. The number of methoxy groups -OCH3 is 1. The third-order valence-electron chi connectivity index (χ3n) is 1.84. The summed E-state index contributed by atoms with van der Waals surface area (Å²) in [4.78, 5) is 17.4. The maximum atomic E-state index is 9.22. The predicted octanol–water partition coefficient (Wildman–Crippen LogP) is 0.0905. The molecule has 2 aromatic heterocycles. The van der Waals surface area contributed by atoms with Gasteiger partial charge in [-0.25, -0.2) is 0 Å². The topological polar surface area (TPSA) is 130 Å². The Bertz CT molecular complexity index is 537. The van der Waals surface area contributed by atoms with E-state index in [1.54, 1.807) is 25.4 Å². The molecule has 1 amide bonds. The van der Waals surface area contributed by atoms with E-state index in [9.17, 15) is 4.79 Å². The van der Waals surface area contributed by atoms with E-state index < -0.39 is 0 Å². The maximum absolute atomic E-state index is 9.22. The number of primary amides is 1. The van der Waals surface area contributed by atoms with Crippen LogP contribution in [0.2, 0.25) is 0 Å². The summed E-state index contributed by atoms with van der Waals surface area (Å²) in [6, 6.07) is 3.47. The van der Waals surface area contributed by atoms with Gasteiger partial charge < -0.3 is 20.7 Å². The van der Waals surface area contributed by atoms with E-state index in [1.165, 1.54) is 6.92 Å². The van der Waals surface area contributed by atoms with Crippen molar-refractivity contribution in [3.8, 4) is 17.3 Å². The summed E-state index contributed by atoms with van der Waals surface area (Å²) in [5, 5.41) is 3.75. The minimum absolute atomic E-state index is 0.219. The van der Waals surface area contributed by atoms with Gasteiger partial charge in [-0.15, -0.1) is 0 Å². The van der Waals surface area contributed by atoms with Crippen LogP contribution in [-0.2, 0) is 11.3 Å². The first-order chi connectivity index (χ1) is 9.06. The summed E-state index contributed by atoms with van der Waals surface area (Å²) >= 11 is 0. The summed E-state index contributed by atoms with van der Waals surface area (Å²) < 4.78 is 9.93. The molecule has 0 fully saturated rings. The van der Waals surface area contributed by atoms with Gasteiger partial charge in [-0.2, -0.15) is 4.98 Å². The molecule has 0 atom stereocenters. The van der Waals surface area contributed by atoms with E-state index in [-0.39, 0.29) is 12.5 Å². The van der Waals surface area contributed by atoms with E-state index in [2.05, 4.69) is 20.9 Å². The van der Waals surface area contributed by atoms with Gasteiger partial charge in [0.2, 0.25) is 17.6 Å². The number of amides is 1. The Kier molecular flexibility index (Phi) is 5.42. The van der Waals surface area contributed by atoms with Gasteiger partial charge in [0, 0.05) is 19.2 Å². The van der Waals surface area contributed by atoms with Crippen LogP contribution in [0.15, 0.2) is 22.9 Å². The molecule has 0 aliphatic heterocycles. The minimum Gasteiger partial charge on any atom is -0.497 e. The number of aromatic nitrogens is 3. The van der Waals surface area contributed by atoms with Crippen molar-refractivity contribution in [1.29, 1.82) is 0 Å². The van der Waals surface area contributed by atoms with Crippen LogP contribution in [0, 0.1) is 0 Å². The standard InChI is InChI=1S/C9H10N4O2.C2H5NO/c1-14-6-2-3-11-7(4-6)9-12-8(5-10)15-13-9;1-2(3)4/h2-4H,5,10H2,1H3;1H3,(H2,3,4). The Morgan fingerprint density at radius 2 is 2.21 bits per heavy atom. The number of rotatable bonds is 3. The maximum Gasteiger partial charge on any atom is 0.240 e. The average molecular weight is 265 g/mol. The van der Waals surface area contributed by atoms with E-state index >= 15 is 0 Å². The molecule has 8 heteroatoms. The molecule has 8 nitrogen and oxygen atoms in total. The molecule has 102 valence electrons. The molecule has 2 heterocycles. The first-order valence-corrected chi connectivity index (χ1v) is 5.36. The summed E-state index contributed by atoms with van der Waals surface area (Å²) in [6.45, 7) is 1.52. The molecule has 0 aliphatic rings. The van der Waals surface area contributed by atoms with Gasteiger partial charge in [-0.1, -0.05) is 5.16 Å². The van der Waals surface area contributed by atoms with Crippen LogP contribution >= 0.6 is 0 Å². The monoisotopic (exact) mass is 265 g/mol. The highest BCUT2D eigenvalue weighted by molar-refractivity contribution is 5.70. The summed E-state index contributed by atoms with van der Waals surface area (Å²) in [5.74, 6) is 1.16. The molecule has 19 heavy (non-hydrogen) atoms. The lowest BCUT2D eigenvalue weighted by Crippen LogP contribution is -2.01. The zero-order valence-electron chi connectivity index (χ0n) is 10.7. The lowest BCUT2D eigenvalue weighted by molar-refractivity contribution is -0.115. The highest BCUT2D eigenvalue weighted by atomic mass is 16.5. The highest BCUT2D eigenvalue weighted by Gasteiger charge is 2.08. The van der Waals surface area contributed by atoms with Gasteiger partial charge in [0.15, 0.2) is 0 Å². The number of hydrogen-bond acceptors (Lipinski definition) is 7. The number of nitrogens with two attached hydrogens (primary N) is 2. The van der Waals surface area contributed by atoms with Gasteiger partial charge in [-0.05, 0) is 6.07 Å². The van der Waals surface area contributed by atoms with Crippen molar-refractivity contribution >= 4 is 5.91 Å². The molecule has 2 aromatic rings. The largest absolute Gasteiger partial charge is 0.497 e. The second-order valence-electron chi connectivity index (χ2n) is 3.41. The van der Waals surface area contributed by atoms with E-state index in [4.69, 9.17) is 15.0 Å². The molecular formula is C11H15N5O3. The van der Waals surface area contributed by atoms with Crippen molar-refractivity contribution in [2.24, 2.45) is 11.5 Å². The minimum atomic E-state index is -0.333. The third-order valence-corrected chi connectivity index (χ3v) is 1.84. The molecule has 0 saturated carbocycles. The zero-order valence-corrected chi connectivity index (χ0v) is 10.7. The van der Waals surface area contributed by atoms with Crippen LogP contribution in [0.5, 0.6) is 5.75 Å². The number of hydrogen-bond donors (Lipinski definition) is 2. The number of ether oxygens (including phenoxy) is 1.